The molecule has 3 aromatic carbocycles. The van der Waals surface area contributed by atoms with Crippen molar-refractivity contribution in [3.05, 3.63) is 99.3 Å². The predicted octanol–water partition coefficient (Wildman–Crippen LogP) is 6.46. The van der Waals surface area contributed by atoms with Gasteiger partial charge in [0.15, 0.2) is 0 Å². The van der Waals surface area contributed by atoms with Gasteiger partial charge in [-0.2, -0.15) is 0 Å². The fraction of sp³-hybridized carbons (Fsp3) is 0.0800. The average molecular weight is 541 g/mol. The second kappa shape index (κ2) is 9.51. The van der Waals surface area contributed by atoms with Crippen molar-refractivity contribution in [3.8, 4) is 0 Å². The van der Waals surface area contributed by atoms with Gasteiger partial charge in [0.2, 0.25) is 15.6 Å². The van der Waals surface area contributed by atoms with Gasteiger partial charge in [-0.1, -0.05) is 71.4 Å². The van der Waals surface area contributed by atoms with Crippen LogP contribution in [-0.4, -0.2) is 14.2 Å². The van der Waals surface area contributed by atoms with Gasteiger partial charge in [0.05, 0.1) is 10.6 Å². The van der Waals surface area contributed by atoms with E-state index in [0.29, 0.717) is 10.6 Å². The maximum absolute atomic E-state index is 13.7. The molecule has 1 aromatic heterocycles. The van der Waals surface area contributed by atoms with Gasteiger partial charge in [-0.3, -0.25) is 4.79 Å². The van der Waals surface area contributed by atoms with Crippen LogP contribution in [0.1, 0.15) is 27.7 Å². The highest BCUT2D eigenvalue weighted by Crippen LogP contribution is 2.44. The summed E-state index contributed by atoms with van der Waals surface area (Å²) in [4.78, 5) is 13.4. The molecular weight excluding hydrogens is 520 g/mol. The van der Waals surface area contributed by atoms with E-state index >= 15 is 0 Å². The van der Waals surface area contributed by atoms with Gasteiger partial charge in [0.1, 0.15) is 14.8 Å². The Hall–Kier alpha value is -2.94. The van der Waals surface area contributed by atoms with Crippen molar-refractivity contribution in [1.82, 2.24) is 0 Å². The summed E-state index contributed by atoms with van der Waals surface area (Å²) in [5.74, 6) is -0.317. The first-order chi connectivity index (χ1) is 15.8. The number of nitrogens with one attached hydrogen (secondary N) is 1. The van der Waals surface area contributed by atoms with Crippen LogP contribution in [0.25, 0.3) is 0 Å². The molecule has 0 aliphatic carbocycles. The van der Waals surface area contributed by atoms with E-state index in [0.717, 1.165) is 33.5 Å². The lowest BCUT2D eigenvalue weighted by molar-refractivity contribution is 0.104. The molecule has 0 aliphatic rings. The zero-order valence-corrected chi connectivity index (χ0v) is 20.9. The molecule has 3 N–H and O–H groups in total. The van der Waals surface area contributed by atoms with E-state index in [1.54, 1.807) is 36.4 Å². The Bertz CT molecular complexity index is 1410. The lowest BCUT2D eigenvalue weighted by Crippen LogP contribution is -2.08. The zero-order valence-electron chi connectivity index (χ0n) is 17.7. The number of sulfone groups is 1. The normalized spacial score (nSPS) is 11.3. The van der Waals surface area contributed by atoms with Crippen LogP contribution in [0.15, 0.2) is 93.1 Å². The van der Waals surface area contributed by atoms with E-state index in [4.69, 9.17) is 5.73 Å². The van der Waals surface area contributed by atoms with Crippen LogP contribution in [0.5, 0.6) is 0 Å². The number of aryl methyl sites for hydroxylation is 1. The Morgan fingerprint density at radius 1 is 0.970 bits per heavy atom. The average Bonchev–Trinajstić information content (AvgIpc) is 3.16. The number of para-hydroxylation sites is 1. The summed E-state index contributed by atoms with van der Waals surface area (Å²) in [6.07, 6.45) is 0.759. The third-order valence-corrected chi connectivity index (χ3v) is 8.81. The second-order valence-electron chi connectivity index (χ2n) is 7.29. The van der Waals surface area contributed by atoms with Crippen molar-refractivity contribution in [3.63, 3.8) is 0 Å². The number of nitrogen functional groups attached to an aromatic ring is 1. The molecule has 0 saturated carbocycles. The number of halogens is 1. The molecule has 1 heterocycles. The fourth-order valence-corrected chi connectivity index (χ4v) is 6.66. The number of anilines is 3. The fourth-order valence-electron chi connectivity index (χ4n) is 3.47. The molecule has 0 amide bonds. The number of ketones is 1. The number of benzene rings is 3. The first-order valence-electron chi connectivity index (χ1n) is 10.2. The lowest BCUT2D eigenvalue weighted by atomic mass is 10.1. The summed E-state index contributed by atoms with van der Waals surface area (Å²) in [6.45, 7) is 2.02. The molecule has 8 heteroatoms. The SMILES string of the molecule is CCc1ccccc1Nc1sc(C(=O)c2ccccc2)c(N)c1S(=O)(=O)c1ccc(Br)cc1. The van der Waals surface area contributed by atoms with Crippen molar-refractivity contribution < 1.29 is 13.2 Å². The summed E-state index contributed by atoms with van der Waals surface area (Å²) in [6, 6.07) is 22.7. The van der Waals surface area contributed by atoms with Gasteiger partial charge in [0, 0.05) is 15.7 Å². The monoisotopic (exact) mass is 540 g/mol. The molecule has 0 atom stereocenters. The van der Waals surface area contributed by atoms with Crippen molar-refractivity contribution in [2.75, 3.05) is 11.1 Å². The summed E-state index contributed by atoms with van der Waals surface area (Å²) in [5.41, 5.74) is 8.57. The number of carbonyl (C=O) groups excluding carboxylic acids is 1. The molecule has 0 radical (unpaired) electrons. The van der Waals surface area contributed by atoms with Crippen LogP contribution in [-0.2, 0) is 16.3 Å². The van der Waals surface area contributed by atoms with E-state index in [9.17, 15) is 13.2 Å². The van der Waals surface area contributed by atoms with E-state index < -0.39 is 9.84 Å². The van der Waals surface area contributed by atoms with Gasteiger partial charge in [-0.05, 0) is 42.3 Å². The first kappa shape index (κ1) is 23.2. The predicted molar refractivity (Wildman–Crippen MR) is 137 cm³/mol. The quantitative estimate of drug-likeness (QED) is 0.262. The van der Waals surface area contributed by atoms with Crippen LogP contribution < -0.4 is 11.1 Å². The van der Waals surface area contributed by atoms with E-state index in [1.807, 2.05) is 37.3 Å². The first-order valence-corrected chi connectivity index (χ1v) is 13.3. The van der Waals surface area contributed by atoms with Crippen LogP contribution in [0.4, 0.5) is 16.4 Å². The summed E-state index contributed by atoms with van der Waals surface area (Å²) in [7, 11) is -4.00. The number of thiophene rings is 1. The maximum atomic E-state index is 13.7. The van der Waals surface area contributed by atoms with Crippen LogP contribution >= 0.6 is 27.3 Å². The number of carbonyl (C=O) groups is 1. The molecule has 0 fully saturated rings. The Balaban J connectivity index is 1.90. The lowest BCUT2D eigenvalue weighted by Gasteiger charge is -2.12. The minimum absolute atomic E-state index is 0.0479. The highest BCUT2D eigenvalue weighted by atomic mass is 79.9. The molecule has 4 aromatic rings. The molecule has 33 heavy (non-hydrogen) atoms. The Kier molecular flexibility index (Phi) is 6.69. The second-order valence-corrected chi connectivity index (χ2v) is 11.1. The number of nitrogens with two attached hydrogens (primary N) is 1. The number of rotatable bonds is 7. The Labute approximate surface area is 205 Å². The Morgan fingerprint density at radius 3 is 2.27 bits per heavy atom. The molecule has 168 valence electrons. The van der Waals surface area contributed by atoms with Crippen molar-refractivity contribution in [2.24, 2.45) is 0 Å². The molecule has 5 nitrogen and oxygen atoms in total. The molecular formula is C25H21BrN2O3S2. The third-order valence-electron chi connectivity index (χ3n) is 5.18. The molecule has 0 unspecified atom stereocenters. The van der Waals surface area contributed by atoms with Gasteiger partial charge >= 0.3 is 0 Å². The van der Waals surface area contributed by atoms with E-state index in [2.05, 4.69) is 21.2 Å². The largest absolute Gasteiger partial charge is 0.396 e. The number of hydrogen-bond acceptors (Lipinski definition) is 6. The molecule has 0 saturated heterocycles. The smallest absolute Gasteiger partial charge is 0.211 e. The standard InChI is InChI=1S/C25H21BrN2O3S2/c1-2-16-8-6-7-11-20(16)28-25-24(33(30,31)19-14-12-18(26)13-15-19)21(27)23(32-25)22(29)17-9-4-3-5-10-17/h3-15,28H,2,27H2,1H3. The molecule has 0 aliphatic heterocycles. The summed E-state index contributed by atoms with van der Waals surface area (Å²) < 4.78 is 28.1. The Morgan fingerprint density at radius 2 is 1.61 bits per heavy atom. The minimum Gasteiger partial charge on any atom is -0.396 e. The zero-order chi connectivity index (χ0) is 23.6. The van der Waals surface area contributed by atoms with E-state index in [-0.39, 0.29) is 26.1 Å². The van der Waals surface area contributed by atoms with Crippen molar-refractivity contribution in [1.29, 1.82) is 0 Å². The molecule has 0 bridgehead atoms. The topological polar surface area (TPSA) is 89.3 Å². The van der Waals surface area contributed by atoms with Crippen LogP contribution in [0.2, 0.25) is 0 Å². The highest BCUT2D eigenvalue weighted by molar-refractivity contribution is 9.10. The minimum atomic E-state index is -4.00. The van der Waals surface area contributed by atoms with E-state index in [1.165, 1.54) is 12.1 Å². The highest BCUT2D eigenvalue weighted by Gasteiger charge is 2.31. The summed E-state index contributed by atoms with van der Waals surface area (Å²) >= 11 is 4.39. The van der Waals surface area contributed by atoms with Gasteiger partial charge < -0.3 is 11.1 Å². The van der Waals surface area contributed by atoms with Crippen LogP contribution in [0, 0.1) is 0 Å². The summed E-state index contributed by atoms with van der Waals surface area (Å²) in [5, 5.41) is 3.56. The third kappa shape index (κ3) is 4.59. The van der Waals surface area contributed by atoms with Gasteiger partial charge in [-0.25, -0.2) is 8.42 Å². The van der Waals surface area contributed by atoms with Crippen molar-refractivity contribution in [2.45, 2.75) is 23.1 Å². The molecule has 0 spiro atoms. The van der Waals surface area contributed by atoms with Crippen LogP contribution in [0.3, 0.4) is 0 Å². The number of hydrogen-bond donors (Lipinski definition) is 2. The van der Waals surface area contributed by atoms with Gasteiger partial charge in [-0.15, -0.1) is 11.3 Å². The van der Waals surface area contributed by atoms with Crippen molar-refractivity contribution >= 4 is 59.3 Å². The molecule has 4 rings (SSSR count). The maximum Gasteiger partial charge on any atom is 0.211 e. The van der Waals surface area contributed by atoms with Gasteiger partial charge in [0.25, 0.3) is 0 Å².